The predicted octanol–water partition coefficient (Wildman–Crippen LogP) is 2.47. The first-order chi connectivity index (χ1) is 13.2. The maximum absolute atomic E-state index is 12.1. The number of hydrogen-bond acceptors (Lipinski definition) is 7. The smallest absolute Gasteiger partial charge is 0.251 e. The van der Waals surface area contributed by atoms with Crippen LogP contribution in [0.5, 0.6) is 5.75 Å². The number of benzene rings is 1. The van der Waals surface area contributed by atoms with E-state index < -0.39 is 0 Å². The topological polar surface area (TPSA) is 101 Å². The lowest BCUT2D eigenvalue weighted by molar-refractivity contribution is 0.0955. The van der Waals surface area contributed by atoms with Gasteiger partial charge in [-0.15, -0.1) is 10.2 Å². The van der Waals surface area contributed by atoms with Gasteiger partial charge in [0.1, 0.15) is 11.6 Å². The molecule has 0 aliphatic heterocycles. The minimum atomic E-state index is -0.137. The van der Waals surface area contributed by atoms with Gasteiger partial charge in [-0.1, -0.05) is 0 Å². The Balaban J connectivity index is 1.41. The summed E-state index contributed by atoms with van der Waals surface area (Å²) in [7, 11) is 1.59. The molecule has 0 unspecified atom stereocenters. The van der Waals surface area contributed by atoms with Crippen LogP contribution in [0.4, 0.5) is 17.3 Å². The van der Waals surface area contributed by atoms with Gasteiger partial charge in [0.15, 0.2) is 5.82 Å². The summed E-state index contributed by atoms with van der Waals surface area (Å²) in [5, 5.41) is 17.3. The molecule has 0 spiro atoms. The molecule has 2 aromatic heterocycles. The molecule has 0 aliphatic carbocycles. The van der Waals surface area contributed by atoms with E-state index in [2.05, 4.69) is 31.1 Å². The van der Waals surface area contributed by atoms with Crippen LogP contribution < -0.4 is 20.7 Å². The summed E-state index contributed by atoms with van der Waals surface area (Å²) in [6.07, 6.45) is 3.41. The molecular formula is C19H20N6O2. The van der Waals surface area contributed by atoms with Gasteiger partial charge in [0.05, 0.1) is 19.0 Å². The number of anilines is 3. The van der Waals surface area contributed by atoms with E-state index in [1.165, 1.54) is 0 Å². The van der Waals surface area contributed by atoms with Crippen LogP contribution in [0.15, 0.2) is 60.9 Å². The molecule has 27 heavy (non-hydrogen) atoms. The monoisotopic (exact) mass is 364 g/mol. The van der Waals surface area contributed by atoms with E-state index >= 15 is 0 Å². The zero-order chi connectivity index (χ0) is 18.9. The lowest BCUT2D eigenvalue weighted by Gasteiger charge is -2.08. The summed E-state index contributed by atoms with van der Waals surface area (Å²) in [5.74, 6) is 1.83. The van der Waals surface area contributed by atoms with Gasteiger partial charge in [0.25, 0.3) is 5.91 Å². The van der Waals surface area contributed by atoms with E-state index in [4.69, 9.17) is 4.74 Å². The summed E-state index contributed by atoms with van der Waals surface area (Å²) in [5.41, 5.74) is 1.43. The van der Waals surface area contributed by atoms with Crippen molar-refractivity contribution in [2.24, 2.45) is 0 Å². The number of nitrogens with one attached hydrogen (secondary N) is 3. The number of methoxy groups -OCH3 is 1. The van der Waals surface area contributed by atoms with Crippen LogP contribution in [0.2, 0.25) is 0 Å². The Kier molecular flexibility index (Phi) is 6.13. The van der Waals surface area contributed by atoms with Crippen LogP contribution in [-0.2, 0) is 0 Å². The molecule has 0 fully saturated rings. The first kappa shape index (κ1) is 18.1. The molecule has 3 N–H and O–H groups in total. The quantitative estimate of drug-likeness (QED) is 0.528. The summed E-state index contributed by atoms with van der Waals surface area (Å²) >= 11 is 0. The molecule has 1 amide bonds. The summed E-state index contributed by atoms with van der Waals surface area (Å²) in [4.78, 5) is 16.1. The SMILES string of the molecule is COc1ccc(C(=O)NCCNc2ccc(Nc3cccnc3)nn2)cc1. The first-order valence-electron chi connectivity index (χ1n) is 8.41. The molecule has 0 atom stereocenters. The molecule has 3 rings (SSSR count). The standard InChI is InChI=1S/C19H20N6O2/c1-27-16-6-4-14(5-7-16)19(26)22-12-11-21-17-8-9-18(25-24-17)23-15-3-2-10-20-13-15/h2-10,13H,11-12H2,1H3,(H,21,24)(H,22,26)(H,23,25). The average Bonchev–Trinajstić information content (AvgIpc) is 2.73. The minimum absolute atomic E-state index is 0.137. The van der Waals surface area contributed by atoms with Crippen molar-refractivity contribution < 1.29 is 9.53 Å². The lowest BCUT2D eigenvalue weighted by Crippen LogP contribution is -2.28. The highest BCUT2D eigenvalue weighted by Gasteiger charge is 2.05. The summed E-state index contributed by atoms with van der Waals surface area (Å²) in [6.45, 7) is 0.994. The summed E-state index contributed by atoms with van der Waals surface area (Å²) < 4.78 is 5.08. The van der Waals surface area contributed by atoms with E-state index in [0.29, 0.717) is 36.0 Å². The van der Waals surface area contributed by atoms with Crippen molar-refractivity contribution in [3.8, 4) is 5.75 Å². The molecule has 8 nitrogen and oxygen atoms in total. The average molecular weight is 364 g/mol. The van der Waals surface area contributed by atoms with Crippen LogP contribution in [0.1, 0.15) is 10.4 Å². The Morgan fingerprint density at radius 3 is 2.44 bits per heavy atom. The number of nitrogens with zero attached hydrogens (tertiary/aromatic N) is 3. The van der Waals surface area contributed by atoms with Crippen LogP contribution in [0.25, 0.3) is 0 Å². The Hall–Kier alpha value is -3.68. The van der Waals surface area contributed by atoms with Gasteiger partial charge < -0.3 is 20.7 Å². The normalized spacial score (nSPS) is 10.1. The maximum Gasteiger partial charge on any atom is 0.251 e. The van der Waals surface area contributed by atoms with Crippen LogP contribution in [0, 0.1) is 0 Å². The Morgan fingerprint density at radius 2 is 1.78 bits per heavy atom. The molecule has 0 saturated heterocycles. The van der Waals surface area contributed by atoms with Gasteiger partial charge in [0, 0.05) is 24.8 Å². The predicted molar refractivity (Wildman–Crippen MR) is 103 cm³/mol. The number of carbonyl (C=O) groups is 1. The number of amides is 1. The fourth-order valence-corrected chi connectivity index (χ4v) is 2.29. The third-order valence-electron chi connectivity index (χ3n) is 3.67. The lowest BCUT2D eigenvalue weighted by atomic mass is 10.2. The molecule has 0 saturated carbocycles. The molecule has 2 heterocycles. The van der Waals surface area contributed by atoms with Crippen LogP contribution in [0.3, 0.4) is 0 Å². The number of pyridine rings is 1. The molecule has 8 heteroatoms. The van der Waals surface area contributed by atoms with E-state index in [1.54, 1.807) is 43.8 Å². The van der Waals surface area contributed by atoms with Crippen molar-refractivity contribution in [3.63, 3.8) is 0 Å². The van der Waals surface area contributed by atoms with E-state index in [9.17, 15) is 4.79 Å². The van der Waals surface area contributed by atoms with Crippen LogP contribution >= 0.6 is 0 Å². The number of hydrogen-bond donors (Lipinski definition) is 3. The van der Waals surface area contributed by atoms with Gasteiger partial charge >= 0.3 is 0 Å². The van der Waals surface area contributed by atoms with E-state index in [1.807, 2.05) is 24.3 Å². The van der Waals surface area contributed by atoms with Crippen LogP contribution in [-0.4, -0.2) is 41.3 Å². The van der Waals surface area contributed by atoms with Gasteiger partial charge in [-0.05, 0) is 48.5 Å². The number of carbonyl (C=O) groups excluding carboxylic acids is 1. The van der Waals surface area contributed by atoms with E-state index in [-0.39, 0.29) is 5.91 Å². The molecule has 1 aromatic carbocycles. The number of ether oxygens (including phenoxy) is 1. The zero-order valence-corrected chi connectivity index (χ0v) is 14.8. The third-order valence-corrected chi connectivity index (χ3v) is 3.67. The second kappa shape index (κ2) is 9.14. The molecule has 0 bridgehead atoms. The molecule has 3 aromatic rings. The van der Waals surface area contributed by atoms with Gasteiger partial charge in [-0.25, -0.2) is 0 Å². The molecule has 0 radical (unpaired) electrons. The van der Waals surface area contributed by atoms with Gasteiger partial charge in [-0.2, -0.15) is 0 Å². The highest BCUT2D eigenvalue weighted by atomic mass is 16.5. The second-order valence-electron chi connectivity index (χ2n) is 5.58. The van der Waals surface area contributed by atoms with Crippen molar-refractivity contribution in [3.05, 3.63) is 66.5 Å². The minimum Gasteiger partial charge on any atom is -0.497 e. The third kappa shape index (κ3) is 5.40. The van der Waals surface area contributed by atoms with Crippen molar-refractivity contribution in [2.75, 3.05) is 30.8 Å². The Morgan fingerprint density at radius 1 is 1.00 bits per heavy atom. The molecule has 138 valence electrons. The maximum atomic E-state index is 12.1. The molecular weight excluding hydrogens is 344 g/mol. The van der Waals surface area contributed by atoms with Crippen molar-refractivity contribution >= 4 is 23.2 Å². The highest BCUT2D eigenvalue weighted by molar-refractivity contribution is 5.94. The summed E-state index contributed by atoms with van der Waals surface area (Å²) in [6, 6.07) is 14.3. The fraction of sp³-hybridized carbons (Fsp3) is 0.158. The highest BCUT2D eigenvalue weighted by Crippen LogP contribution is 2.13. The van der Waals surface area contributed by atoms with Gasteiger partial charge in [-0.3, -0.25) is 9.78 Å². The zero-order valence-electron chi connectivity index (χ0n) is 14.8. The van der Waals surface area contributed by atoms with E-state index in [0.717, 1.165) is 5.69 Å². The van der Waals surface area contributed by atoms with Crippen molar-refractivity contribution in [2.45, 2.75) is 0 Å². The number of aromatic nitrogens is 3. The number of rotatable bonds is 8. The largest absolute Gasteiger partial charge is 0.497 e. The van der Waals surface area contributed by atoms with Crippen molar-refractivity contribution in [1.82, 2.24) is 20.5 Å². The van der Waals surface area contributed by atoms with Crippen molar-refractivity contribution in [1.29, 1.82) is 0 Å². The fourth-order valence-electron chi connectivity index (χ4n) is 2.29. The van der Waals surface area contributed by atoms with Gasteiger partial charge in [0.2, 0.25) is 0 Å². The first-order valence-corrected chi connectivity index (χ1v) is 8.41. The Labute approximate surface area is 157 Å². The second-order valence-corrected chi connectivity index (χ2v) is 5.58. The Bertz CT molecular complexity index is 854. The molecule has 0 aliphatic rings.